The molecular weight excluding hydrogens is 386 g/mol. The molecule has 0 aliphatic carbocycles. The fraction of sp³-hybridized carbons (Fsp3) is 0.167. The first kappa shape index (κ1) is 18.7. The number of hydrogen-bond acceptors (Lipinski definition) is 3. The van der Waals surface area contributed by atoms with E-state index in [0.717, 1.165) is 4.47 Å². The molecule has 25 heavy (non-hydrogen) atoms. The molecule has 0 radical (unpaired) electrons. The SMILES string of the molecule is CC(=O)c1cccc(NC(=O)CCNC(=O)Nc2ccc(Br)cc2)c1. The third-order valence-corrected chi connectivity index (χ3v) is 3.82. The number of hydrogen-bond donors (Lipinski definition) is 3. The second kappa shape index (κ2) is 8.98. The third kappa shape index (κ3) is 6.39. The standard InChI is InChI=1S/C18H18BrN3O3/c1-12(23)13-3-2-4-16(11-13)21-17(24)9-10-20-18(25)22-15-7-5-14(19)6-8-15/h2-8,11H,9-10H2,1H3,(H,21,24)(H2,20,22,25). The normalized spacial score (nSPS) is 10.0. The van der Waals surface area contributed by atoms with E-state index in [1.807, 2.05) is 12.1 Å². The Morgan fingerprint density at radius 3 is 2.36 bits per heavy atom. The predicted octanol–water partition coefficient (Wildman–Crippen LogP) is 3.80. The van der Waals surface area contributed by atoms with E-state index in [0.29, 0.717) is 16.9 Å². The number of benzene rings is 2. The van der Waals surface area contributed by atoms with Gasteiger partial charge in [0.25, 0.3) is 0 Å². The average Bonchev–Trinajstić information content (AvgIpc) is 2.57. The van der Waals surface area contributed by atoms with Crippen molar-refractivity contribution in [3.8, 4) is 0 Å². The highest BCUT2D eigenvalue weighted by atomic mass is 79.9. The van der Waals surface area contributed by atoms with Crippen molar-refractivity contribution in [3.05, 3.63) is 58.6 Å². The highest BCUT2D eigenvalue weighted by Crippen LogP contribution is 2.14. The summed E-state index contributed by atoms with van der Waals surface area (Å²) in [4.78, 5) is 35.0. The van der Waals surface area contributed by atoms with Gasteiger partial charge >= 0.3 is 6.03 Å². The summed E-state index contributed by atoms with van der Waals surface area (Å²) in [6.07, 6.45) is 0.123. The van der Waals surface area contributed by atoms with Crippen molar-refractivity contribution < 1.29 is 14.4 Å². The Labute approximate surface area is 154 Å². The lowest BCUT2D eigenvalue weighted by molar-refractivity contribution is -0.116. The fourth-order valence-corrected chi connectivity index (χ4v) is 2.30. The Morgan fingerprint density at radius 2 is 1.68 bits per heavy atom. The number of carbonyl (C=O) groups is 3. The molecular formula is C18H18BrN3O3. The van der Waals surface area contributed by atoms with Crippen LogP contribution in [0.4, 0.5) is 16.2 Å². The van der Waals surface area contributed by atoms with Crippen LogP contribution in [0.5, 0.6) is 0 Å². The molecule has 0 fully saturated rings. The zero-order valence-electron chi connectivity index (χ0n) is 13.6. The van der Waals surface area contributed by atoms with E-state index in [1.165, 1.54) is 6.92 Å². The minimum absolute atomic E-state index is 0.0672. The Bertz CT molecular complexity index is 775. The Morgan fingerprint density at radius 1 is 0.960 bits per heavy atom. The van der Waals surface area contributed by atoms with E-state index >= 15 is 0 Å². The summed E-state index contributed by atoms with van der Waals surface area (Å²) in [5.41, 5.74) is 1.74. The molecule has 3 N–H and O–H groups in total. The number of halogens is 1. The van der Waals surface area contributed by atoms with Gasteiger partial charge in [0.2, 0.25) is 5.91 Å². The Hall–Kier alpha value is -2.67. The number of ketones is 1. The van der Waals surface area contributed by atoms with E-state index in [1.54, 1.807) is 36.4 Å². The van der Waals surface area contributed by atoms with E-state index in [2.05, 4.69) is 31.9 Å². The van der Waals surface area contributed by atoms with Gasteiger partial charge in [0.15, 0.2) is 5.78 Å². The Balaban J connectivity index is 1.74. The van der Waals surface area contributed by atoms with Gasteiger partial charge in [-0.2, -0.15) is 0 Å². The van der Waals surface area contributed by atoms with Crippen molar-refractivity contribution in [2.45, 2.75) is 13.3 Å². The number of carbonyl (C=O) groups excluding carboxylic acids is 3. The quantitative estimate of drug-likeness (QED) is 0.640. The molecule has 3 amide bonds. The minimum Gasteiger partial charge on any atom is -0.337 e. The molecule has 0 saturated heterocycles. The molecule has 2 rings (SSSR count). The molecule has 2 aromatic carbocycles. The summed E-state index contributed by atoms with van der Waals surface area (Å²) < 4.78 is 0.920. The topological polar surface area (TPSA) is 87.3 Å². The van der Waals surface area contributed by atoms with Crippen LogP contribution in [0.2, 0.25) is 0 Å². The molecule has 0 atom stereocenters. The van der Waals surface area contributed by atoms with Crippen molar-refractivity contribution in [1.82, 2.24) is 5.32 Å². The van der Waals surface area contributed by atoms with Crippen LogP contribution >= 0.6 is 15.9 Å². The smallest absolute Gasteiger partial charge is 0.319 e. The number of Topliss-reactive ketones (excluding diaryl/α,β-unsaturated/α-hetero) is 1. The number of rotatable bonds is 6. The van der Waals surface area contributed by atoms with Gasteiger partial charge in [-0.3, -0.25) is 9.59 Å². The van der Waals surface area contributed by atoms with Crippen LogP contribution in [0.3, 0.4) is 0 Å². The van der Waals surface area contributed by atoms with Gasteiger partial charge in [-0.1, -0.05) is 28.1 Å². The molecule has 0 bridgehead atoms. The van der Waals surface area contributed by atoms with E-state index in [4.69, 9.17) is 0 Å². The van der Waals surface area contributed by atoms with Crippen molar-refractivity contribution in [2.24, 2.45) is 0 Å². The van der Waals surface area contributed by atoms with Crippen molar-refractivity contribution in [1.29, 1.82) is 0 Å². The van der Waals surface area contributed by atoms with Crippen molar-refractivity contribution in [2.75, 3.05) is 17.2 Å². The molecule has 6 nitrogen and oxygen atoms in total. The second-order valence-electron chi connectivity index (χ2n) is 5.32. The summed E-state index contributed by atoms with van der Waals surface area (Å²) in [5.74, 6) is -0.313. The van der Waals surface area contributed by atoms with Crippen LogP contribution in [-0.4, -0.2) is 24.3 Å². The fourth-order valence-electron chi connectivity index (χ4n) is 2.04. The van der Waals surface area contributed by atoms with Gasteiger partial charge in [-0.25, -0.2) is 4.79 Å². The lowest BCUT2D eigenvalue weighted by Crippen LogP contribution is -2.31. The largest absolute Gasteiger partial charge is 0.337 e. The van der Waals surface area contributed by atoms with Gasteiger partial charge in [-0.05, 0) is 43.3 Å². The monoisotopic (exact) mass is 403 g/mol. The maximum Gasteiger partial charge on any atom is 0.319 e. The minimum atomic E-state index is -0.381. The van der Waals surface area contributed by atoms with Crippen LogP contribution in [0, 0.1) is 0 Å². The molecule has 0 saturated carbocycles. The summed E-state index contributed by atoms with van der Waals surface area (Å²) in [6.45, 7) is 1.66. The molecule has 0 aromatic heterocycles. The van der Waals surface area contributed by atoms with E-state index < -0.39 is 0 Å². The van der Waals surface area contributed by atoms with Crippen LogP contribution < -0.4 is 16.0 Å². The summed E-state index contributed by atoms with van der Waals surface area (Å²) in [7, 11) is 0. The van der Waals surface area contributed by atoms with Gasteiger partial charge in [-0.15, -0.1) is 0 Å². The average molecular weight is 404 g/mol. The molecule has 7 heteroatoms. The molecule has 0 spiro atoms. The maximum atomic E-state index is 11.9. The lowest BCUT2D eigenvalue weighted by atomic mass is 10.1. The first-order valence-corrected chi connectivity index (χ1v) is 8.44. The summed E-state index contributed by atoms with van der Waals surface area (Å²) in [5, 5.41) is 7.99. The lowest BCUT2D eigenvalue weighted by Gasteiger charge is -2.09. The number of urea groups is 1. The molecule has 0 aliphatic heterocycles. The van der Waals surface area contributed by atoms with Crippen LogP contribution in [-0.2, 0) is 4.79 Å². The van der Waals surface area contributed by atoms with Crippen molar-refractivity contribution >= 4 is 45.0 Å². The molecule has 2 aromatic rings. The predicted molar refractivity (Wildman–Crippen MR) is 101 cm³/mol. The van der Waals surface area contributed by atoms with Gasteiger partial charge in [0.1, 0.15) is 0 Å². The summed E-state index contributed by atoms with van der Waals surface area (Å²) >= 11 is 3.32. The van der Waals surface area contributed by atoms with Gasteiger partial charge < -0.3 is 16.0 Å². The highest BCUT2D eigenvalue weighted by Gasteiger charge is 2.06. The van der Waals surface area contributed by atoms with Crippen LogP contribution in [0.15, 0.2) is 53.0 Å². The van der Waals surface area contributed by atoms with E-state index in [9.17, 15) is 14.4 Å². The third-order valence-electron chi connectivity index (χ3n) is 3.29. The van der Waals surface area contributed by atoms with E-state index in [-0.39, 0.29) is 30.7 Å². The zero-order valence-corrected chi connectivity index (χ0v) is 15.2. The van der Waals surface area contributed by atoms with Gasteiger partial charge in [0.05, 0.1) is 0 Å². The zero-order chi connectivity index (χ0) is 18.2. The van der Waals surface area contributed by atoms with Gasteiger partial charge in [0, 0.05) is 34.4 Å². The summed E-state index contributed by atoms with van der Waals surface area (Å²) in [6, 6.07) is 13.5. The highest BCUT2D eigenvalue weighted by molar-refractivity contribution is 9.10. The molecule has 0 aliphatic rings. The maximum absolute atomic E-state index is 11.9. The molecule has 0 unspecified atom stereocenters. The van der Waals surface area contributed by atoms with Crippen LogP contribution in [0.1, 0.15) is 23.7 Å². The number of amides is 3. The Kier molecular flexibility index (Phi) is 6.71. The van der Waals surface area contributed by atoms with Crippen LogP contribution in [0.25, 0.3) is 0 Å². The second-order valence-corrected chi connectivity index (χ2v) is 6.24. The first-order chi connectivity index (χ1) is 11.9. The number of nitrogens with one attached hydrogen (secondary N) is 3. The molecule has 0 heterocycles. The van der Waals surface area contributed by atoms with Crippen molar-refractivity contribution in [3.63, 3.8) is 0 Å². The number of anilines is 2. The molecule has 130 valence electrons. The first-order valence-electron chi connectivity index (χ1n) is 7.65.